The summed E-state index contributed by atoms with van der Waals surface area (Å²) >= 11 is 0. The first-order valence-electron chi connectivity index (χ1n) is 9.60. The molecule has 150 valence electrons. The smallest absolute Gasteiger partial charge is 0.338 e. The Labute approximate surface area is 167 Å². The Balaban J connectivity index is 1.87. The van der Waals surface area contributed by atoms with Gasteiger partial charge in [-0.05, 0) is 47.7 Å². The van der Waals surface area contributed by atoms with E-state index in [1.807, 2.05) is 31.2 Å². The molecule has 1 amide bonds. The second kappa shape index (κ2) is 9.93. The fourth-order valence-electron chi connectivity index (χ4n) is 2.51. The molecule has 0 spiro atoms. The van der Waals surface area contributed by atoms with E-state index in [0.717, 1.165) is 12.8 Å². The predicted molar refractivity (Wildman–Crippen MR) is 111 cm³/mol. The van der Waals surface area contributed by atoms with Crippen molar-refractivity contribution in [2.45, 2.75) is 46.0 Å². The molecular formula is C23H29NO4. The number of carbonyl (C=O) groups is 2. The molecule has 0 saturated carbocycles. The maximum atomic E-state index is 12.2. The molecule has 28 heavy (non-hydrogen) atoms. The van der Waals surface area contributed by atoms with Crippen molar-refractivity contribution in [2.24, 2.45) is 0 Å². The van der Waals surface area contributed by atoms with Gasteiger partial charge in [-0.2, -0.15) is 0 Å². The first-order chi connectivity index (χ1) is 13.3. The number of unbranched alkanes of at least 4 members (excludes halogenated alkanes) is 1. The van der Waals surface area contributed by atoms with E-state index in [4.69, 9.17) is 9.47 Å². The van der Waals surface area contributed by atoms with Crippen LogP contribution < -0.4 is 10.1 Å². The number of benzene rings is 2. The van der Waals surface area contributed by atoms with Crippen molar-refractivity contribution < 1.29 is 19.1 Å². The lowest BCUT2D eigenvalue weighted by atomic mass is 9.87. The van der Waals surface area contributed by atoms with Crippen molar-refractivity contribution in [3.05, 3.63) is 59.7 Å². The Morgan fingerprint density at radius 3 is 2.39 bits per heavy atom. The van der Waals surface area contributed by atoms with E-state index >= 15 is 0 Å². The van der Waals surface area contributed by atoms with Gasteiger partial charge in [0, 0.05) is 5.69 Å². The molecule has 0 fully saturated rings. The largest absolute Gasteiger partial charge is 0.484 e. The minimum Gasteiger partial charge on any atom is -0.484 e. The van der Waals surface area contributed by atoms with E-state index in [-0.39, 0.29) is 23.9 Å². The van der Waals surface area contributed by atoms with E-state index in [9.17, 15) is 9.59 Å². The number of carbonyl (C=O) groups excluding carboxylic acids is 2. The minimum absolute atomic E-state index is 0.0681. The number of rotatable bonds is 8. The topological polar surface area (TPSA) is 64.6 Å². The summed E-state index contributed by atoms with van der Waals surface area (Å²) in [6.07, 6.45) is 1.79. The van der Waals surface area contributed by atoms with Crippen LogP contribution in [0.1, 0.15) is 56.5 Å². The van der Waals surface area contributed by atoms with Crippen molar-refractivity contribution in [2.75, 3.05) is 18.5 Å². The van der Waals surface area contributed by atoms with Crippen LogP contribution in [-0.2, 0) is 14.9 Å². The molecule has 0 radical (unpaired) electrons. The highest BCUT2D eigenvalue weighted by Gasteiger charge is 2.13. The Kier molecular flexibility index (Phi) is 7.61. The van der Waals surface area contributed by atoms with Crippen LogP contribution in [0.4, 0.5) is 5.69 Å². The zero-order chi connectivity index (χ0) is 20.6. The second-order valence-corrected chi connectivity index (χ2v) is 7.68. The number of anilines is 1. The summed E-state index contributed by atoms with van der Waals surface area (Å²) in [6, 6.07) is 14.4. The lowest BCUT2D eigenvalue weighted by Gasteiger charge is -2.19. The van der Waals surface area contributed by atoms with Gasteiger partial charge in [0.15, 0.2) is 6.61 Å². The van der Waals surface area contributed by atoms with Gasteiger partial charge < -0.3 is 14.8 Å². The van der Waals surface area contributed by atoms with Gasteiger partial charge in [0.2, 0.25) is 0 Å². The number of hydrogen-bond acceptors (Lipinski definition) is 4. The third-order valence-corrected chi connectivity index (χ3v) is 4.20. The lowest BCUT2D eigenvalue weighted by Crippen LogP contribution is -2.20. The molecule has 5 heteroatoms. The fraction of sp³-hybridized carbons (Fsp3) is 0.391. The van der Waals surface area contributed by atoms with E-state index in [2.05, 4.69) is 26.1 Å². The number of hydrogen-bond donors (Lipinski definition) is 1. The van der Waals surface area contributed by atoms with Crippen LogP contribution in [0.25, 0.3) is 0 Å². The normalized spacial score (nSPS) is 11.0. The zero-order valence-electron chi connectivity index (χ0n) is 17.1. The van der Waals surface area contributed by atoms with E-state index in [1.165, 1.54) is 5.56 Å². The Morgan fingerprint density at radius 2 is 1.75 bits per heavy atom. The first kappa shape index (κ1) is 21.5. The van der Waals surface area contributed by atoms with Crippen molar-refractivity contribution in [3.8, 4) is 5.75 Å². The predicted octanol–water partition coefficient (Wildman–Crippen LogP) is 4.96. The highest BCUT2D eigenvalue weighted by atomic mass is 16.5. The molecular weight excluding hydrogens is 354 g/mol. The molecule has 0 unspecified atom stereocenters. The SMILES string of the molecule is CCCCOC(=O)c1cccc(NC(=O)COc2ccc(C(C)(C)C)cc2)c1. The average molecular weight is 383 g/mol. The minimum atomic E-state index is -0.389. The van der Waals surface area contributed by atoms with Gasteiger partial charge in [0.05, 0.1) is 12.2 Å². The molecule has 0 saturated heterocycles. The quantitative estimate of drug-likeness (QED) is 0.517. The third-order valence-electron chi connectivity index (χ3n) is 4.20. The molecule has 0 aliphatic carbocycles. The maximum Gasteiger partial charge on any atom is 0.338 e. The van der Waals surface area contributed by atoms with Crippen LogP contribution >= 0.6 is 0 Å². The van der Waals surface area contributed by atoms with Crippen molar-refractivity contribution in [3.63, 3.8) is 0 Å². The number of ether oxygens (including phenoxy) is 2. The highest BCUT2D eigenvalue weighted by Crippen LogP contribution is 2.24. The zero-order valence-corrected chi connectivity index (χ0v) is 17.1. The summed E-state index contributed by atoms with van der Waals surface area (Å²) in [6.45, 7) is 8.75. The summed E-state index contributed by atoms with van der Waals surface area (Å²) < 4.78 is 10.7. The van der Waals surface area contributed by atoms with E-state index in [1.54, 1.807) is 24.3 Å². The van der Waals surface area contributed by atoms with Crippen LogP contribution in [0.2, 0.25) is 0 Å². The van der Waals surface area contributed by atoms with Gasteiger partial charge in [0.25, 0.3) is 5.91 Å². The molecule has 5 nitrogen and oxygen atoms in total. The molecule has 0 bridgehead atoms. The number of amides is 1. The summed E-state index contributed by atoms with van der Waals surface area (Å²) in [5.74, 6) is -0.0486. The second-order valence-electron chi connectivity index (χ2n) is 7.68. The monoisotopic (exact) mass is 383 g/mol. The van der Waals surface area contributed by atoms with Crippen LogP contribution in [-0.4, -0.2) is 25.1 Å². The standard InChI is InChI=1S/C23H29NO4/c1-5-6-14-27-22(26)17-8-7-9-19(15-17)24-21(25)16-28-20-12-10-18(11-13-20)23(2,3)4/h7-13,15H,5-6,14,16H2,1-4H3,(H,24,25). The van der Waals surface area contributed by atoms with Gasteiger partial charge in [-0.15, -0.1) is 0 Å². The van der Waals surface area contributed by atoms with E-state index < -0.39 is 0 Å². The first-order valence-corrected chi connectivity index (χ1v) is 9.60. The third kappa shape index (κ3) is 6.72. The molecule has 0 heterocycles. The molecule has 0 aliphatic heterocycles. The van der Waals surface area contributed by atoms with Crippen molar-refractivity contribution in [1.82, 2.24) is 0 Å². The van der Waals surface area contributed by atoms with E-state index in [0.29, 0.717) is 23.6 Å². The van der Waals surface area contributed by atoms with Gasteiger partial charge in [-0.3, -0.25) is 4.79 Å². The van der Waals surface area contributed by atoms with Gasteiger partial charge in [0.1, 0.15) is 5.75 Å². The molecule has 2 aromatic carbocycles. The number of nitrogens with one attached hydrogen (secondary N) is 1. The fourth-order valence-corrected chi connectivity index (χ4v) is 2.51. The summed E-state index contributed by atoms with van der Waals surface area (Å²) in [5, 5.41) is 2.74. The molecule has 0 atom stereocenters. The van der Waals surface area contributed by atoms with Gasteiger partial charge in [-0.25, -0.2) is 4.79 Å². The molecule has 1 N–H and O–H groups in total. The number of esters is 1. The lowest BCUT2D eigenvalue weighted by molar-refractivity contribution is -0.118. The van der Waals surface area contributed by atoms with Crippen LogP contribution in [0.15, 0.2) is 48.5 Å². The molecule has 0 aromatic heterocycles. The van der Waals surface area contributed by atoms with Gasteiger partial charge >= 0.3 is 5.97 Å². The molecule has 2 aromatic rings. The van der Waals surface area contributed by atoms with Crippen LogP contribution in [0, 0.1) is 0 Å². The Hall–Kier alpha value is -2.82. The molecule has 2 rings (SSSR count). The van der Waals surface area contributed by atoms with Crippen molar-refractivity contribution >= 4 is 17.6 Å². The Morgan fingerprint density at radius 1 is 1.04 bits per heavy atom. The highest BCUT2D eigenvalue weighted by molar-refractivity contribution is 5.95. The summed E-state index contributed by atoms with van der Waals surface area (Å²) in [4.78, 5) is 24.2. The van der Waals surface area contributed by atoms with Crippen LogP contribution in [0.3, 0.4) is 0 Å². The van der Waals surface area contributed by atoms with Crippen LogP contribution in [0.5, 0.6) is 5.75 Å². The van der Waals surface area contributed by atoms with Gasteiger partial charge in [-0.1, -0.05) is 52.3 Å². The average Bonchev–Trinajstić information content (AvgIpc) is 2.66. The van der Waals surface area contributed by atoms with Crippen molar-refractivity contribution in [1.29, 1.82) is 0 Å². The molecule has 0 aliphatic rings. The maximum absolute atomic E-state index is 12.2. The summed E-state index contributed by atoms with van der Waals surface area (Å²) in [5.41, 5.74) is 2.21. The summed E-state index contributed by atoms with van der Waals surface area (Å²) in [7, 11) is 0. The Bertz CT molecular complexity index is 791.